The van der Waals surface area contributed by atoms with Crippen LogP contribution < -0.4 is 0 Å². The molecular weight excluding hydrogens is 396 g/mol. The largest absolute Gasteiger partial charge is 0.478 e. The van der Waals surface area contributed by atoms with Crippen LogP contribution in [0.5, 0.6) is 0 Å². The van der Waals surface area contributed by atoms with Crippen molar-refractivity contribution in [1.29, 1.82) is 0 Å². The van der Waals surface area contributed by atoms with Gasteiger partial charge in [0.15, 0.2) is 0 Å². The molecule has 0 atom stereocenters. The van der Waals surface area contributed by atoms with E-state index in [4.69, 9.17) is 0 Å². The highest BCUT2D eigenvalue weighted by Crippen LogP contribution is 2.32. The van der Waals surface area contributed by atoms with Crippen LogP contribution in [-0.2, 0) is 16.4 Å². The molecule has 28 heavy (non-hydrogen) atoms. The molecule has 0 amide bonds. The van der Waals surface area contributed by atoms with Crippen molar-refractivity contribution in [2.75, 3.05) is 13.1 Å². The van der Waals surface area contributed by atoms with Gasteiger partial charge in [-0.2, -0.15) is 4.31 Å². The molecule has 1 N–H and O–H groups in total. The summed E-state index contributed by atoms with van der Waals surface area (Å²) in [6.45, 7) is 3.07. The third-order valence-corrected chi connectivity index (χ3v) is 8.12. The zero-order chi connectivity index (χ0) is 19.9. The summed E-state index contributed by atoms with van der Waals surface area (Å²) in [6.07, 6.45) is 2.60. The normalized spacial score (nSPS) is 15.3. The average molecular weight is 417 g/mol. The zero-order valence-electron chi connectivity index (χ0n) is 15.4. The molecule has 1 aliphatic rings. The summed E-state index contributed by atoms with van der Waals surface area (Å²) in [5.41, 5.74) is 1.12. The second-order valence-corrected chi connectivity index (χ2v) is 9.88. The van der Waals surface area contributed by atoms with E-state index in [1.165, 1.54) is 27.4 Å². The Bertz CT molecular complexity index is 1160. The van der Waals surface area contributed by atoms with Crippen LogP contribution in [0.15, 0.2) is 41.3 Å². The number of thiophene rings is 1. The smallest absolute Gasteiger partial charge is 0.336 e. The maximum Gasteiger partial charge on any atom is 0.336 e. The SMILES string of the molecule is CCc1ccc(-c2cc(C(=O)O)c3cc(S(=O)(=O)N4CCCC4)ccc3n2)s1. The Morgan fingerprint density at radius 2 is 1.93 bits per heavy atom. The van der Waals surface area contributed by atoms with Crippen LogP contribution in [0.3, 0.4) is 0 Å². The standard InChI is InChI=1S/C20H20N2O4S2/c1-2-13-5-8-19(27-13)18-12-16(20(23)24)15-11-14(6-7-17(15)21-18)28(25,26)22-9-3-4-10-22/h5-8,11-12H,2-4,9-10H2,1H3,(H,23,24). The monoisotopic (exact) mass is 416 g/mol. The Kier molecular flexibility index (Phi) is 4.95. The minimum atomic E-state index is -3.62. The molecule has 0 unspecified atom stereocenters. The molecule has 0 saturated carbocycles. The van der Waals surface area contributed by atoms with E-state index in [1.54, 1.807) is 17.4 Å². The van der Waals surface area contributed by atoms with Gasteiger partial charge in [-0.3, -0.25) is 0 Å². The maximum atomic E-state index is 12.8. The van der Waals surface area contributed by atoms with Gasteiger partial charge in [0, 0.05) is 23.4 Å². The number of carboxylic acids is 1. The zero-order valence-corrected chi connectivity index (χ0v) is 17.0. The Morgan fingerprint density at radius 1 is 1.18 bits per heavy atom. The number of nitrogens with zero attached hydrogens (tertiary/aromatic N) is 2. The molecule has 2 aromatic heterocycles. The molecule has 146 valence electrons. The number of hydrogen-bond donors (Lipinski definition) is 1. The predicted octanol–water partition coefficient (Wildman–Crippen LogP) is 4.01. The van der Waals surface area contributed by atoms with Crippen LogP contribution in [0.1, 0.15) is 35.0 Å². The lowest BCUT2D eigenvalue weighted by Gasteiger charge is -2.16. The summed E-state index contributed by atoms with van der Waals surface area (Å²) >= 11 is 1.58. The van der Waals surface area contributed by atoms with E-state index in [2.05, 4.69) is 11.9 Å². The predicted molar refractivity (Wildman–Crippen MR) is 109 cm³/mol. The Balaban J connectivity index is 1.86. The van der Waals surface area contributed by atoms with Crippen molar-refractivity contribution < 1.29 is 18.3 Å². The van der Waals surface area contributed by atoms with Gasteiger partial charge in [-0.15, -0.1) is 11.3 Å². The van der Waals surface area contributed by atoms with Crippen LogP contribution in [-0.4, -0.2) is 41.9 Å². The Labute approximate surface area is 167 Å². The number of carbonyl (C=O) groups is 1. The Morgan fingerprint density at radius 3 is 2.57 bits per heavy atom. The molecule has 1 fully saturated rings. The number of pyridine rings is 1. The number of hydrogen-bond acceptors (Lipinski definition) is 5. The first kappa shape index (κ1) is 19.0. The first-order chi connectivity index (χ1) is 13.4. The highest BCUT2D eigenvalue weighted by atomic mass is 32.2. The molecule has 3 heterocycles. The highest BCUT2D eigenvalue weighted by Gasteiger charge is 2.28. The van der Waals surface area contributed by atoms with Gasteiger partial charge in [0.2, 0.25) is 10.0 Å². The van der Waals surface area contributed by atoms with Gasteiger partial charge in [0.1, 0.15) is 0 Å². The summed E-state index contributed by atoms with van der Waals surface area (Å²) in [5, 5.41) is 10.1. The third kappa shape index (κ3) is 3.32. The lowest BCUT2D eigenvalue weighted by molar-refractivity contribution is 0.0699. The van der Waals surface area contributed by atoms with Gasteiger partial charge in [0.05, 0.1) is 26.5 Å². The number of rotatable bonds is 5. The van der Waals surface area contributed by atoms with Crippen molar-refractivity contribution >= 4 is 38.2 Å². The first-order valence-corrected chi connectivity index (χ1v) is 11.4. The van der Waals surface area contributed by atoms with Crippen LogP contribution in [0.4, 0.5) is 0 Å². The molecule has 0 bridgehead atoms. The van der Waals surface area contributed by atoms with E-state index < -0.39 is 16.0 Å². The van der Waals surface area contributed by atoms with Crippen LogP contribution in [0, 0.1) is 0 Å². The number of aromatic nitrogens is 1. The number of aromatic carboxylic acids is 1. The quantitative estimate of drug-likeness (QED) is 0.679. The van der Waals surface area contributed by atoms with E-state index in [0.717, 1.165) is 24.1 Å². The van der Waals surface area contributed by atoms with E-state index in [1.807, 2.05) is 12.1 Å². The number of fused-ring (bicyclic) bond motifs is 1. The molecule has 3 aromatic rings. The number of benzene rings is 1. The van der Waals surface area contributed by atoms with E-state index in [0.29, 0.717) is 29.7 Å². The number of aryl methyl sites for hydroxylation is 1. The van der Waals surface area contributed by atoms with E-state index in [9.17, 15) is 18.3 Å². The van der Waals surface area contributed by atoms with Gasteiger partial charge in [-0.25, -0.2) is 18.2 Å². The summed E-state index contributed by atoms with van der Waals surface area (Å²) in [7, 11) is -3.62. The Hall–Kier alpha value is -2.29. The van der Waals surface area contributed by atoms with Gasteiger partial charge in [0.25, 0.3) is 0 Å². The molecule has 1 aliphatic heterocycles. The summed E-state index contributed by atoms with van der Waals surface area (Å²) < 4.78 is 27.1. The van der Waals surface area contributed by atoms with Gasteiger partial charge >= 0.3 is 5.97 Å². The van der Waals surface area contributed by atoms with Crippen molar-refractivity contribution in [1.82, 2.24) is 9.29 Å². The summed E-state index contributed by atoms with van der Waals surface area (Å²) in [4.78, 5) is 18.7. The van der Waals surface area contributed by atoms with Gasteiger partial charge in [-0.05, 0) is 55.7 Å². The fourth-order valence-corrected chi connectivity index (χ4v) is 5.90. The summed E-state index contributed by atoms with van der Waals surface area (Å²) in [6, 6.07) is 10.0. The van der Waals surface area contributed by atoms with Crippen LogP contribution in [0.25, 0.3) is 21.5 Å². The fourth-order valence-electron chi connectivity index (χ4n) is 3.45. The minimum absolute atomic E-state index is 0.0601. The average Bonchev–Trinajstić information content (AvgIpc) is 3.38. The maximum absolute atomic E-state index is 12.8. The fraction of sp³-hybridized carbons (Fsp3) is 0.300. The first-order valence-electron chi connectivity index (χ1n) is 9.17. The molecule has 0 radical (unpaired) electrons. The second kappa shape index (κ2) is 7.27. The van der Waals surface area contributed by atoms with Crippen molar-refractivity contribution in [3.63, 3.8) is 0 Å². The molecule has 8 heteroatoms. The van der Waals surface area contributed by atoms with Crippen molar-refractivity contribution in [2.24, 2.45) is 0 Å². The van der Waals surface area contributed by atoms with Crippen molar-refractivity contribution in [3.8, 4) is 10.6 Å². The molecular formula is C20H20N2O4S2. The van der Waals surface area contributed by atoms with Gasteiger partial charge < -0.3 is 5.11 Å². The third-order valence-electron chi connectivity index (χ3n) is 4.98. The molecule has 1 aromatic carbocycles. The number of sulfonamides is 1. The van der Waals surface area contributed by atoms with E-state index in [-0.39, 0.29) is 10.5 Å². The lowest BCUT2D eigenvalue weighted by atomic mass is 10.1. The van der Waals surface area contributed by atoms with E-state index >= 15 is 0 Å². The number of carboxylic acid groups (broad SMARTS) is 1. The molecule has 1 saturated heterocycles. The second-order valence-electron chi connectivity index (χ2n) is 6.77. The van der Waals surface area contributed by atoms with Crippen LogP contribution >= 0.6 is 11.3 Å². The molecule has 4 rings (SSSR count). The van der Waals surface area contributed by atoms with Gasteiger partial charge in [-0.1, -0.05) is 6.92 Å². The highest BCUT2D eigenvalue weighted by molar-refractivity contribution is 7.89. The van der Waals surface area contributed by atoms with Crippen molar-refractivity contribution in [3.05, 3.63) is 46.8 Å². The lowest BCUT2D eigenvalue weighted by Crippen LogP contribution is -2.27. The minimum Gasteiger partial charge on any atom is -0.478 e. The van der Waals surface area contributed by atoms with Crippen molar-refractivity contribution in [2.45, 2.75) is 31.1 Å². The molecule has 6 nitrogen and oxygen atoms in total. The molecule has 0 spiro atoms. The topological polar surface area (TPSA) is 87.6 Å². The summed E-state index contributed by atoms with van der Waals surface area (Å²) in [5.74, 6) is -1.10. The molecule has 0 aliphatic carbocycles. The van der Waals surface area contributed by atoms with Crippen LogP contribution in [0.2, 0.25) is 0 Å².